The summed E-state index contributed by atoms with van der Waals surface area (Å²) in [5.74, 6) is 1.71. The summed E-state index contributed by atoms with van der Waals surface area (Å²) < 4.78 is 15.6. The van der Waals surface area contributed by atoms with E-state index in [1.807, 2.05) is 36.4 Å². The number of benzene rings is 2. The number of carbonyl (C=O) groups is 1. The maximum absolute atomic E-state index is 12.1. The Hall–Kier alpha value is -3.39. The number of methoxy groups -OCH3 is 3. The summed E-state index contributed by atoms with van der Waals surface area (Å²) in [5.41, 5.74) is 1.71. The van der Waals surface area contributed by atoms with E-state index in [1.54, 1.807) is 33.5 Å². The molecule has 0 radical (unpaired) electrons. The molecule has 0 atom stereocenters. The van der Waals surface area contributed by atoms with Crippen LogP contribution in [0.15, 0.2) is 48.5 Å². The van der Waals surface area contributed by atoms with Crippen LogP contribution in [0.1, 0.15) is 5.56 Å². The number of anilines is 1. The highest BCUT2D eigenvalue weighted by molar-refractivity contribution is 7.18. The van der Waals surface area contributed by atoms with Crippen molar-refractivity contribution in [2.45, 2.75) is 0 Å². The first kappa shape index (κ1) is 19.4. The smallest absolute Gasteiger partial charge is 0.250 e. The molecular weight excluding hydrogens is 378 g/mol. The minimum Gasteiger partial charge on any atom is -0.497 e. The van der Waals surface area contributed by atoms with Gasteiger partial charge >= 0.3 is 0 Å². The van der Waals surface area contributed by atoms with Crippen LogP contribution < -0.4 is 19.5 Å². The van der Waals surface area contributed by atoms with E-state index in [-0.39, 0.29) is 5.91 Å². The van der Waals surface area contributed by atoms with Crippen molar-refractivity contribution in [1.29, 1.82) is 0 Å². The van der Waals surface area contributed by atoms with Crippen molar-refractivity contribution < 1.29 is 19.0 Å². The summed E-state index contributed by atoms with van der Waals surface area (Å²) in [4.78, 5) is 12.1. The maximum atomic E-state index is 12.1. The van der Waals surface area contributed by atoms with Crippen molar-refractivity contribution in [3.05, 3.63) is 54.1 Å². The molecule has 1 heterocycles. The Morgan fingerprint density at radius 2 is 1.71 bits per heavy atom. The largest absolute Gasteiger partial charge is 0.497 e. The molecule has 1 aromatic heterocycles. The maximum Gasteiger partial charge on any atom is 0.250 e. The fourth-order valence-electron chi connectivity index (χ4n) is 2.39. The van der Waals surface area contributed by atoms with Crippen LogP contribution in [-0.4, -0.2) is 37.4 Å². The first-order chi connectivity index (χ1) is 13.6. The van der Waals surface area contributed by atoms with Gasteiger partial charge in [0.05, 0.1) is 21.3 Å². The molecule has 0 saturated carbocycles. The molecule has 0 bridgehead atoms. The Morgan fingerprint density at radius 1 is 0.964 bits per heavy atom. The second-order valence-corrected chi connectivity index (χ2v) is 6.56. The van der Waals surface area contributed by atoms with Gasteiger partial charge in [0.2, 0.25) is 11.0 Å². The number of carbonyl (C=O) groups excluding carboxylic acids is 1. The molecule has 0 fully saturated rings. The van der Waals surface area contributed by atoms with Gasteiger partial charge in [-0.05, 0) is 42.0 Å². The molecule has 0 unspecified atom stereocenters. The first-order valence-electron chi connectivity index (χ1n) is 8.32. The molecule has 0 aliphatic heterocycles. The third-order valence-corrected chi connectivity index (χ3v) is 4.72. The minimum absolute atomic E-state index is 0.286. The van der Waals surface area contributed by atoms with Gasteiger partial charge < -0.3 is 14.2 Å². The monoisotopic (exact) mass is 397 g/mol. The van der Waals surface area contributed by atoms with E-state index < -0.39 is 0 Å². The molecule has 144 valence electrons. The zero-order valence-corrected chi connectivity index (χ0v) is 16.4. The second-order valence-electron chi connectivity index (χ2n) is 5.58. The average molecular weight is 397 g/mol. The number of hydrogen-bond donors (Lipinski definition) is 1. The molecular formula is C20H19N3O4S. The van der Waals surface area contributed by atoms with Gasteiger partial charge in [0.15, 0.2) is 11.5 Å². The number of amides is 1. The third-order valence-electron chi connectivity index (χ3n) is 3.83. The van der Waals surface area contributed by atoms with Crippen LogP contribution >= 0.6 is 11.3 Å². The van der Waals surface area contributed by atoms with Gasteiger partial charge in [-0.1, -0.05) is 23.5 Å². The Labute approximate surface area is 166 Å². The lowest BCUT2D eigenvalue weighted by Gasteiger charge is -2.07. The van der Waals surface area contributed by atoms with Gasteiger partial charge in [-0.2, -0.15) is 0 Å². The second kappa shape index (κ2) is 9.01. The fraction of sp³-hybridized carbons (Fsp3) is 0.150. The lowest BCUT2D eigenvalue weighted by atomic mass is 10.2. The summed E-state index contributed by atoms with van der Waals surface area (Å²) in [7, 11) is 4.76. The highest BCUT2D eigenvalue weighted by Gasteiger charge is 2.11. The van der Waals surface area contributed by atoms with Gasteiger partial charge in [0.1, 0.15) is 10.8 Å². The SMILES string of the molecule is COc1ccc(/C=C/C(=O)Nc2nnc(-c3ccc(OC)c(OC)c3)s2)cc1. The normalized spacial score (nSPS) is 10.7. The van der Waals surface area contributed by atoms with Crippen molar-refractivity contribution in [2.24, 2.45) is 0 Å². The standard InChI is InChI=1S/C20H19N3O4S/c1-25-15-8-4-13(5-9-15)6-11-18(24)21-20-23-22-19(28-20)14-7-10-16(26-2)17(12-14)27-3/h4-12H,1-3H3,(H,21,23,24)/b11-6+. The van der Waals surface area contributed by atoms with E-state index in [9.17, 15) is 4.79 Å². The zero-order valence-electron chi connectivity index (χ0n) is 15.6. The molecule has 0 spiro atoms. The number of ether oxygens (including phenoxy) is 3. The number of rotatable bonds is 7. The lowest BCUT2D eigenvalue weighted by Crippen LogP contribution is -2.07. The Balaban J connectivity index is 1.66. The predicted molar refractivity (Wildman–Crippen MR) is 109 cm³/mol. The molecule has 3 rings (SSSR count). The van der Waals surface area contributed by atoms with Gasteiger partial charge in [0.25, 0.3) is 0 Å². The molecule has 0 saturated heterocycles. The van der Waals surface area contributed by atoms with Crippen LogP contribution in [0.2, 0.25) is 0 Å². The molecule has 0 aliphatic carbocycles. The zero-order chi connectivity index (χ0) is 19.9. The molecule has 0 aliphatic rings. The summed E-state index contributed by atoms with van der Waals surface area (Å²) in [6.07, 6.45) is 3.16. The van der Waals surface area contributed by atoms with Gasteiger partial charge in [-0.3, -0.25) is 10.1 Å². The summed E-state index contributed by atoms with van der Waals surface area (Å²) in [5, 5.41) is 11.9. The van der Waals surface area contributed by atoms with Crippen LogP contribution in [0.25, 0.3) is 16.6 Å². The number of hydrogen-bond acceptors (Lipinski definition) is 7. The first-order valence-corrected chi connectivity index (χ1v) is 9.13. The molecule has 7 nitrogen and oxygen atoms in total. The van der Waals surface area contributed by atoms with Gasteiger partial charge in [-0.25, -0.2) is 0 Å². The van der Waals surface area contributed by atoms with Crippen molar-refractivity contribution >= 4 is 28.5 Å². The third kappa shape index (κ3) is 4.66. The van der Waals surface area contributed by atoms with E-state index in [0.29, 0.717) is 21.6 Å². The molecule has 8 heteroatoms. The molecule has 28 heavy (non-hydrogen) atoms. The van der Waals surface area contributed by atoms with Crippen LogP contribution in [0, 0.1) is 0 Å². The van der Waals surface area contributed by atoms with Crippen molar-refractivity contribution in [3.63, 3.8) is 0 Å². The van der Waals surface area contributed by atoms with E-state index in [1.165, 1.54) is 17.4 Å². The molecule has 1 amide bonds. The van der Waals surface area contributed by atoms with E-state index in [2.05, 4.69) is 15.5 Å². The highest BCUT2D eigenvalue weighted by Crippen LogP contribution is 2.34. The quantitative estimate of drug-likeness (QED) is 0.609. The highest BCUT2D eigenvalue weighted by atomic mass is 32.1. The topological polar surface area (TPSA) is 82.6 Å². The average Bonchev–Trinajstić information content (AvgIpc) is 3.20. The summed E-state index contributed by atoms with van der Waals surface area (Å²) >= 11 is 1.27. The minimum atomic E-state index is -0.286. The lowest BCUT2D eigenvalue weighted by molar-refractivity contribution is -0.111. The van der Waals surface area contributed by atoms with E-state index >= 15 is 0 Å². The van der Waals surface area contributed by atoms with Crippen molar-refractivity contribution in [2.75, 3.05) is 26.6 Å². The predicted octanol–water partition coefficient (Wildman–Crippen LogP) is 3.88. The van der Waals surface area contributed by atoms with Crippen LogP contribution in [-0.2, 0) is 4.79 Å². The summed E-state index contributed by atoms with van der Waals surface area (Å²) in [6, 6.07) is 12.9. The Bertz CT molecular complexity index is 983. The number of aromatic nitrogens is 2. The van der Waals surface area contributed by atoms with Crippen LogP contribution in [0.5, 0.6) is 17.2 Å². The van der Waals surface area contributed by atoms with E-state index in [4.69, 9.17) is 14.2 Å². The van der Waals surface area contributed by atoms with Gasteiger partial charge in [-0.15, -0.1) is 10.2 Å². The molecule has 3 aromatic rings. The van der Waals surface area contributed by atoms with Crippen LogP contribution in [0.4, 0.5) is 5.13 Å². The molecule has 2 aromatic carbocycles. The Kier molecular flexibility index (Phi) is 6.23. The fourth-order valence-corrected chi connectivity index (χ4v) is 3.14. The Morgan fingerprint density at radius 3 is 2.39 bits per heavy atom. The van der Waals surface area contributed by atoms with Crippen molar-refractivity contribution in [1.82, 2.24) is 10.2 Å². The van der Waals surface area contributed by atoms with Crippen molar-refractivity contribution in [3.8, 4) is 27.8 Å². The van der Waals surface area contributed by atoms with Crippen LogP contribution in [0.3, 0.4) is 0 Å². The van der Waals surface area contributed by atoms with Gasteiger partial charge in [0, 0.05) is 11.6 Å². The number of nitrogens with zero attached hydrogens (tertiary/aromatic N) is 2. The van der Waals surface area contributed by atoms with E-state index in [0.717, 1.165) is 16.9 Å². The number of nitrogens with one attached hydrogen (secondary N) is 1. The molecule has 1 N–H and O–H groups in total. The summed E-state index contributed by atoms with van der Waals surface area (Å²) in [6.45, 7) is 0.